The molecule has 4 nitrogen and oxygen atoms in total. The van der Waals surface area contributed by atoms with E-state index >= 15 is 0 Å². The molecule has 1 aromatic heterocycles. The van der Waals surface area contributed by atoms with Crippen LogP contribution in [0.25, 0.3) is 0 Å². The third-order valence-corrected chi connectivity index (χ3v) is 3.45. The fourth-order valence-corrected chi connectivity index (χ4v) is 2.66. The maximum absolute atomic E-state index is 11.7. The monoisotopic (exact) mass is 243 g/mol. The number of hydrogen-bond acceptors (Lipinski definition) is 4. The number of hydrogen-bond donors (Lipinski definition) is 1. The lowest BCUT2D eigenvalue weighted by Gasteiger charge is -2.10. The molecule has 1 saturated heterocycles. The van der Waals surface area contributed by atoms with Crippen LogP contribution in [-0.4, -0.2) is 33.4 Å². The molecule has 2 heterocycles. The van der Waals surface area contributed by atoms with E-state index in [2.05, 4.69) is 15.3 Å². The second-order valence-electron chi connectivity index (χ2n) is 3.26. The first kappa shape index (κ1) is 10.7. The quantitative estimate of drug-likeness (QED) is 0.852. The summed E-state index contributed by atoms with van der Waals surface area (Å²) in [5, 5.41) is 3.14. The summed E-state index contributed by atoms with van der Waals surface area (Å²) >= 11 is 7.49. The highest BCUT2D eigenvalue weighted by Crippen LogP contribution is 2.17. The Hall–Kier alpha value is -0.810. The van der Waals surface area contributed by atoms with Gasteiger partial charge in [-0.1, -0.05) is 11.6 Å². The van der Waals surface area contributed by atoms with Gasteiger partial charge in [-0.15, -0.1) is 0 Å². The predicted molar refractivity (Wildman–Crippen MR) is 60.2 cm³/mol. The second kappa shape index (κ2) is 4.81. The zero-order valence-corrected chi connectivity index (χ0v) is 9.51. The molecule has 1 aliphatic rings. The van der Waals surface area contributed by atoms with E-state index in [0.29, 0.717) is 0 Å². The number of amides is 1. The van der Waals surface area contributed by atoms with Gasteiger partial charge in [-0.05, 0) is 12.2 Å². The fraction of sp³-hybridized carbons (Fsp3) is 0.444. The first-order valence-corrected chi connectivity index (χ1v) is 6.15. The zero-order chi connectivity index (χ0) is 10.7. The molecule has 0 bridgehead atoms. The van der Waals surface area contributed by atoms with Crippen LogP contribution in [0.4, 0.5) is 0 Å². The molecule has 1 fully saturated rings. The van der Waals surface area contributed by atoms with Crippen molar-refractivity contribution in [1.82, 2.24) is 15.3 Å². The minimum atomic E-state index is -0.197. The van der Waals surface area contributed by atoms with Crippen LogP contribution >= 0.6 is 23.4 Å². The van der Waals surface area contributed by atoms with Gasteiger partial charge in [0.05, 0.1) is 12.4 Å². The Morgan fingerprint density at radius 1 is 1.60 bits per heavy atom. The smallest absolute Gasteiger partial charge is 0.271 e. The van der Waals surface area contributed by atoms with Crippen LogP contribution < -0.4 is 5.32 Å². The molecule has 1 atom stereocenters. The van der Waals surface area contributed by atoms with Gasteiger partial charge in [0.25, 0.3) is 5.91 Å². The molecule has 1 aliphatic heterocycles. The molecule has 0 spiro atoms. The summed E-state index contributed by atoms with van der Waals surface area (Å²) < 4.78 is 0. The summed E-state index contributed by atoms with van der Waals surface area (Å²) in [6, 6.07) is 0.253. The number of nitrogens with one attached hydrogen (secondary N) is 1. The third-order valence-electron chi connectivity index (χ3n) is 2.10. The minimum absolute atomic E-state index is 0.197. The van der Waals surface area contributed by atoms with E-state index in [0.717, 1.165) is 17.9 Å². The van der Waals surface area contributed by atoms with Gasteiger partial charge in [-0.25, -0.2) is 4.98 Å². The van der Waals surface area contributed by atoms with Crippen LogP contribution in [0.15, 0.2) is 12.4 Å². The molecule has 0 aromatic carbocycles. The maximum atomic E-state index is 11.7. The molecule has 1 N–H and O–H groups in total. The standard InChI is InChI=1S/C9H10ClN3OS/c10-8-4-11-3-7(13-8)9(14)12-6-1-2-15-5-6/h3-4,6H,1-2,5H2,(H,12,14). The summed E-state index contributed by atoms with van der Waals surface area (Å²) in [5.74, 6) is 1.88. The van der Waals surface area contributed by atoms with Gasteiger partial charge in [0, 0.05) is 11.8 Å². The first-order chi connectivity index (χ1) is 7.25. The largest absolute Gasteiger partial charge is 0.347 e. The average Bonchev–Trinajstić information content (AvgIpc) is 2.70. The summed E-state index contributed by atoms with van der Waals surface area (Å²) in [6.45, 7) is 0. The van der Waals surface area contributed by atoms with Gasteiger partial charge in [-0.3, -0.25) is 9.78 Å². The maximum Gasteiger partial charge on any atom is 0.271 e. The molecular formula is C9H10ClN3OS. The highest BCUT2D eigenvalue weighted by Gasteiger charge is 2.19. The number of nitrogens with zero attached hydrogens (tertiary/aromatic N) is 2. The first-order valence-electron chi connectivity index (χ1n) is 4.62. The molecular weight excluding hydrogens is 234 g/mol. The molecule has 80 valence electrons. The lowest BCUT2D eigenvalue weighted by Crippen LogP contribution is -2.35. The van der Waals surface area contributed by atoms with E-state index in [4.69, 9.17) is 11.6 Å². The van der Waals surface area contributed by atoms with Crippen LogP contribution in [-0.2, 0) is 0 Å². The number of carbonyl (C=O) groups is 1. The van der Waals surface area contributed by atoms with Crippen LogP contribution in [0.2, 0.25) is 5.15 Å². The Morgan fingerprint density at radius 3 is 3.13 bits per heavy atom. The summed E-state index contributed by atoms with van der Waals surface area (Å²) in [5.41, 5.74) is 0.277. The van der Waals surface area contributed by atoms with Gasteiger partial charge in [0.1, 0.15) is 10.8 Å². The number of thioether (sulfide) groups is 1. The highest BCUT2D eigenvalue weighted by atomic mass is 35.5. The fourth-order valence-electron chi connectivity index (χ4n) is 1.36. The molecule has 1 aromatic rings. The zero-order valence-electron chi connectivity index (χ0n) is 7.94. The van der Waals surface area contributed by atoms with Crippen molar-refractivity contribution in [1.29, 1.82) is 0 Å². The number of halogens is 1. The van der Waals surface area contributed by atoms with Crippen molar-refractivity contribution >= 4 is 29.3 Å². The number of carbonyl (C=O) groups excluding carboxylic acids is 1. The van der Waals surface area contributed by atoms with Gasteiger partial charge in [0.2, 0.25) is 0 Å². The summed E-state index contributed by atoms with van der Waals surface area (Å²) in [4.78, 5) is 19.4. The second-order valence-corrected chi connectivity index (χ2v) is 4.80. The summed E-state index contributed by atoms with van der Waals surface area (Å²) in [7, 11) is 0. The van der Waals surface area contributed by atoms with Gasteiger partial charge < -0.3 is 5.32 Å². The van der Waals surface area contributed by atoms with Crippen LogP contribution in [0.1, 0.15) is 16.9 Å². The molecule has 15 heavy (non-hydrogen) atoms. The van der Waals surface area contributed by atoms with Crippen molar-refractivity contribution in [2.45, 2.75) is 12.5 Å². The molecule has 0 radical (unpaired) electrons. The van der Waals surface area contributed by atoms with E-state index in [-0.39, 0.29) is 22.8 Å². The van der Waals surface area contributed by atoms with Crippen molar-refractivity contribution < 1.29 is 4.79 Å². The molecule has 1 amide bonds. The van der Waals surface area contributed by atoms with Crippen molar-refractivity contribution in [3.63, 3.8) is 0 Å². The predicted octanol–water partition coefficient (Wildman–Crippen LogP) is 1.37. The van der Waals surface area contributed by atoms with Crippen molar-refractivity contribution in [3.05, 3.63) is 23.2 Å². The Kier molecular flexibility index (Phi) is 3.43. The average molecular weight is 244 g/mol. The van der Waals surface area contributed by atoms with E-state index in [1.165, 1.54) is 12.4 Å². The Morgan fingerprint density at radius 2 is 2.47 bits per heavy atom. The van der Waals surface area contributed by atoms with E-state index in [9.17, 15) is 4.79 Å². The van der Waals surface area contributed by atoms with Crippen LogP contribution in [0, 0.1) is 0 Å². The lowest BCUT2D eigenvalue weighted by atomic mass is 10.2. The van der Waals surface area contributed by atoms with Gasteiger partial charge >= 0.3 is 0 Å². The molecule has 0 saturated carbocycles. The molecule has 2 rings (SSSR count). The van der Waals surface area contributed by atoms with Gasteiger partial charge in [0.15, 0.2) is 0 Å². The van der Waals surface area contributed by atoms with Gasteiger partial charge in [-0.2, -0.15) is 11.8 Å². The molecule has 0 aliphatic carbocycles. The number of rotatable bonds is 2. The minimum Gasteiger partial charge on any atom is -0.347 e. The molecule has 1 unspecified atom stereocenters. The topological polar surface area (TPSA) is 54.9 Å². The highest BCUT2D eigenvalue weighted by molar-refractivity contribution is 7.99. The third kappa shape index (κ3) is 2.82. The Bertz CT molecular complexity index is 368. The van der Waals surface area contributed by atoms with Crippen molar-refractivity contribution in [2.75, 3.05) is 11.5 Å². The normalized spacial score (nSPS) is 20.2. The summed E-state index contributed by atoms with van der Waals surface area (Å²) in [6.07, 6.45) is 3.84. The van der Waals surface area contributed by atoms with E-state index < -0.39 is 0 Å². The van der Waals surface area contributed by atoms with E-state index in [1.807, 2.05) is 11.8 Å². The number of aromatic nitrogens is 2. The van der Waals surface area contributed by atoms with Crippen LogP contribution in [0.3, 0.4) is 0 Å². The SMILES string of the molecule is O=C(NC1CCSC1)c1cncc(Cl)n1. The Balaban J connectivity index is 2.01. The van der Waals surface area contributed by atoms with Crippen molar-refractivity contribution in [2.24, 2.45) is 0 Å². The Labute approximate surface area is 96.8 Å². The lowest BCUT2D eigenvalue weighted by molar-refractivity contribution is 0.0935. The van der Waals surface area contributed by atoms with Crippen LogP contribution in [0.5, 0.6) is 0 Å². The molecule has 6 heteroatoms. The van der Waals surface area contributed by atoms with Crippen molar-refractivity contribution in [3.8, 4) is 0 Å². The van der Waals surface area contributed by atoms with E-state index in [1.54, 1.807) is 0 Å².